The summed E-state index contributed by atoms with van der Waals surface area (Å²) < 4.78 is 0. The number of carboxylic acid groups (broad SMARTS) is 1. The van der Waals surface area contributed by atoms with Crippen LogP contribution >= 0.6 is 0 Å². The van der Waals surface area contributed by atoms with E-state index in [2.05, 4.69) is 48.3 Å². The van der Waals surface area contributed by atoms with Crippen molar-refractivity contribution in [3.63, 3.8) is 0 Å². The largest absolute Gasteiger partial charge is 0.477 e. The van der Waals surface area contributed by atoms with E-state index in [4.69, 9.17) is 40.1 Å². The van der Waals surface area contributed by atoms with Crippen LogP contribution in [0.5, 0.6) is 0 Å². The number of nitrogens with one attached hydrogen (secondary N) is 7. The Morgan fingerprint density at radius 3 is 2.17 bits per heavy atom. The highest BCUT2D eigenvalue weighted by molar-refractivity contribution is 6.02. The van der Waals surface area contributed by atoms with Crippen molar-refractivity contribution >= 4 is 59.2 Å². The van der Waals surface area contributed by atoms with Gasteiger partial charge in [-0.3, -0.25) is 43.3 Å². The molecule has 76 heavy (non-hydrogen) atoms. The number of nitrogens with zero attached hydrogens (tertiary/aromatic N) is 3. The fourth-order valence-electron chi connectivity index (χ4n) is 8.49. The van der Waals surface area contributed by atoms with E-state index in [0.717, 1.165) is 0 Å². The number of rotatable bonds is 33. The standard InChI is InChI=1S/C48H77N17O11/c1-27(59-43(72)38(36(66)25-53)63-40(69)31(54)12-2-4-17-49)39(68)58-26-37(67)60-33(14-7-19-51)44(73)65-21-9-16-35(65)42(71)64-48(23-30(48)29-11-6-10-28(22-29)24-52)46(76)62-32(13-3-5-18-50)41(70)61-34(45(74)75)15-8-20-57-47(55)56/h6,10-11,15,22,27,30-33,35-36,38,66H,2-5,7-9,12-14,16-21,23,25-26,49-51,53-54H2,1H3,(H,58,68)(H,59,72)(H,60,67)(H,61,70)(H,62,76)(H,63,69)(H,64,71)(H,74,75)(H4,55,56,57)/b34-15-/t27-,30-,31?,32-,33+,35-,36-,38-,48?/m0/s1. The van der Waals surface area contributed by atoms with Crippen molar-refractivity contribution in [1.29, 1.82) is 5.26 Å². The lowest BCUT2D eigenvalue weighted by Gasteiger charge is -2.31. The van der Waals surface area contributed by atoms with E-state index in [1.165, 1.54) is 17.9 Å². The van der Waals surface area contributed by atoms with E-state index in [1.54, 1.807) is 24.3 Å². The van der Waals surface area contributed by atoms with Gasteiger partial charge in [-0.05, 0) is 115 Å². The lowest BCUT2D eigenvalue weighted by Crippen LogP contribution is -2.60. The van der Waals surface area contributed by atoms with Crippen LogP contribution in [0.4, 0.5) is 0 Å². The molecule has 1 aromatic rings. The number of hydrogen-bond acceptors (Lipinski definition) is 17. The number of amides is 8. The Morgan fingerprint density at radius 1 is 0.868 bits per heavy atom. The molecule has 23 N–H and O–H groups in total. The third-order valence-corrected chi connectivity index (χ3v) is 12.8. The monoisotopic (exact) mass is 1070 g/mol. The first-order chi connectivity index (χ1) is 36.2. The number of aliphatic hydroxyl groups excluding tert-OH is 1. The van der Waals surface area contributed by atoms with Gasteiger partial charge >= 0.3 is 5.97 Å². The lowest BCUT2D eigenvalue weighted by molar-refractivity contribution is -0.142. The van der Waals surface area contributed by atoms with E-state index in [0.29, 0.717) is 44.2 Å². The molecule has 420 valence electrons. The van der Waals surface area contributed by atoms with Crippen LogP contribution in [0.2, 0.25) is 0 Å². The van der Waals surface area contributed by atoms with Crippen molar-refractivity contribution in [2.24, 2.45) is 45.1 Å². The minimum absolute atomic E-state index is 0.0169. The molecule has 1 saturated heterocycles. The molecule has 0 aromatic heterocycles. The number of carbonyl (C=O) groups is 9. The normalized spacial score (nSPS) is 19.2. The van der Waals surface area contributed by atoms with Crippen molar-refractivity contribution in [1.82, 2.24) is 42.1 Å². The minimum Gasteiger partial charge on any atom is -0.477 e. The molecule has 0 bridgehead atoms. The summed E-state index contributed by atoms with van der Waals surface area (Å²) in [5, 5.41) is 47.6. The second-order valence-corrected chi connectivity index (χ2v) is 18.6. The highest BCUT2D eigenvalue weighted by atomic mass is 16.4. The Balaban J connectivity index is 1.79. The van der Waals surface area contributed by atoms with Crippen LogP contribution in [0.3, 0.4) is 0 Å². The SMILES string of the molecule is C[C@H](NC(=O)[C@@H](NC(=O)C(N)CCCCN)[C@@H](O)CN)C(=O)NCC(=O)N[C@H](CCCN)C(=O)N1CCC[C@H]1C(=O)NC1(C(=O)N[C@@H](CCCCN)C(=O)N/C(=C\CCN=C(N)N)C(=O)O)C[C@H]1c1cccc(C#N)c1. The number of aliphatic imine (C=N–C) groups is 1. The summed E-state index contributed by atoms with van der Waals surface area (Å²) in [5.74, 6) is -8.76. The molecule has 3 rings (SSSR count). The summed E-state index contributed by atoms with van der Waals surface area (Å²) in [4.78, 5) is 127. The number of unbranched alkanes of at least 4 members (excludes halogenated alkanes) is 2. The molecule has 28 nitrogen and oxygen atoms in total. The summed E-state index contributed by atoms with van der Waals surface area (Å²) in [6, 6.07) is 0.904. The number of nitriles is 1. The van der Waals surface area contributed by atoms with Crippen molar-refractivity contribution in [3.05, 3.63) is 47.2 Å². The third kappa shape index (κ3) is 19.1. The molecule has 1 saturated carbocycles. The van der Waals surface area contributed by atoms with Gasteiger partial charge < -0.3 is 92.5 Å². The Labute approximate surface area is 440 Å². The van der Waals surface area contributed by atoms with Crippen molar-refractivity contribution in [2.45, 2.75) is 138 Å². The molecule has 1 aromatic carbocycles. The van der Waals surface area contributed by atoms with Gasteiger partial charge in [0.05, 0.1) is 30.3 Å². The second-order valence-electron chi connectivity index (χ2n) is 18.6. The zero-order valence-corrected chi connectivity index (χ0v) is 42.9. The maximum atomic E-state index is 14.6. The first-order valence-electron chi connectivity index (χ1n) is 25.3. The van der Waals surface area contributed by atoms with Crippen LogP contribution in [0.15, 0.2) is 41.0 Å². The number of carboxylic acids is 1. The molecule has 9 atom stereocenters. The van der Waals surface area contributed by atoms with Gasteiger partial charge in [0.25, 0.3) is 0 Å². The maximum Gasteiger partial charge on any atom is 0.352 e. The highest BCUT2D eigenvalue weighted by Crippen LogP contribution is 2.52. The van der Waals surface area contributed by atoms with Crippen molar-refractivity contribution < 1.29 is 53.4 Å². The summed E-state index contributed by atoms with van der Waals surface area (Å²) in [5.41, 5.74) is 37.8. The topological polar surface area (TPSA) is 500 Å². The number of benzene rings is 1. The molecule has 0 radical (unpaired) electrons. The number of aliphatic carboxylic acids is 1. The Bertz CT molecular complexity index is 2310. The highest BCUT2D eigenvalue weighted by Gasteiger charge is 2.63. The smallest absolute Gasteiger partial charge is 0.352 e. The molecule has 1 aliphatic carbocycles. The average molecular weight is 1070 g/mol. The van der Waals surface area contributed by atoms with Gasteiger partial charge in [0, 0.05) is 25.6 Å². The first-order valence-corrected chi connectivity index (χ1v) is 25.3. The van der Waals surface area contributed by atoms with E-state index in [-0.39, 0.29) is 82.6 Å². The second kappa shape index (κ2) is 31.6. The number of guanidine groups is 1. The van der Waals surface area contributed by atoms with Gasteiger partial charge in [-0.15, -0.1) is 0 Å². The molecular formula is C48H77N17O11. The van der Waals surface area contributed by atoms with Crippen molar-refractivity contribution in [2.75, 3.05) is 45.8 Å². The zero-order chi connectivity index (χ0) is 56.5. The number of carbonyl (C=O) groups excluding carboxylic acids is 8. The Hall–Kier alpha value is -7.29. The van der Waals surface area contributed by atoms with E-state index in [9.17, 15) is 58.6 Å². The number of likely N-dealkylation sites (tertiary alicyclic amines) is 1. The summed E-state index contributed by atoms with van der Waals surface area (Å²) in [6.07, 6.45) is 2.80. The zero-order valence-electron chi connectivity index (χ0n) is 42.9. The number of aliphatic hydroxyl groups is 1. The van der Waals surface area contributed by atoms with Gasteiger partial charge in [-0.25, -0.2) is 4.79 Å². The van der Waals surface area contributed by atoms with Crippen molar-refractivity contribution in [3.8, 4) is 6.07 Å². The van der Waals surface area contributed by atoms with Gasteiger partial charge in [0.15, 0.2) is 5.96 Å². The quantitative estimate of drug-likeness (QED) is 0.0135. The Morgan fingerprint density at radius 2 is 1.54 bits per heavy atom. The maximum absolute atomic E-state index is 14.6. The average Bonchev–Trinajstić information content (AvgIpc) is 3.91. The van der Waals surface area contributed by atoms with E-state index >= 15 is 0 Å². The first kappa shape index (κ1) is 63.0. The molecule has 0 spiro atoms. The van der Waals surface area contributed by atoms with Gasteiger partial charge in [0.1, 0.15) is 41.4 Å². The van der Waals surface area contributed by atoms with Gasteiger partial charge in [-0.2, -0.15) is 5.26 Å². The lowest BCUT2D eigenvalue weighted by atomic mass is 10.0. The summed E-state index contributed by atoms with van der Waals surface area (Å²) >= 11 is 0. The molecule has 2 unspecified atom stereocenters. The third-order valence-electron chi connectivity index (χ3n) is 12.8. The van der Waals surface area contributed by atoms with E-state index < -0.39 is 126 Å². The fraction of sp³-hybridized carbons (Fsp3) is 0.604. The van der Waals surface area contributed by atoms with E-state index in [1.807, 2.05) is 0 Å². The molecule has 8 amide bonds. The van der Waals surface area contributed by atoms with Crippen LogP contribution in [-0.4, -0.2) is 168 Å². The minimum atomic E-state index is -1.71. The summed E-state index contributed by atoms with van der Waals surface area (Å²) in [6.45, 7) is 1.10. The molecule has 2 aliphatic rings. The predicted molar refractivity (Wildman–Crippen MR) is 277 cm³/mol. The van der Waals surface area contributed by atoms with Crippen LogP contribution < -0.4 is 77.4 Å². The number of nitrogens with two attached hydrogens (primary N) is 7. The van der Waals surface area contributed by atoms with Gasteiger partial charge in [0.2, 0.25) is 47.3 Å². The molecule has 2 fully saturated rings. The van der Waals surface area contributed by atoms with Crippen LogP contribution in [0, 0.1) is 11.3 Å². The van der Waals surface area contributed by atoms with Crippen LogP contribution in [-0.2, 0) is 43.2 Å². The molecule has 28 heteroatoms. The predicted octanol–water partition coefficient (Wildman–Crippen LogP) is -5.64. The van der Waals surface area contributed by atoms with Crippen LogP contribution in [0.1, 0.15) is 101 Å². The van der Waals surface area contributed by atoms with Crippen LogP contribution in [0.25, 0.3) is 0 Å². The molecular weight excluding hydrogens is 991 g/mol. The number of hydrogen-bond donors (Lipinski definition) is 16. The molecule has 1 aliphatic heterocycles. The molecule has 1 heterocycles. The Kier molecular flexibility index (Phi) is 26.2. The summed E-state index contributed by atoms with van der Waals surface area (Å²) in [7, 11) is 0. The fourth-order valence-corrected chi connectivity index (χ4v) is 8.49. The van der Waals surface area contributed by atoms with Gasteiger partial charge in [-0.1, -0.05) is 24.6 Å².